The Morgan fingerprint density at radius 2 is 0.750 bits per heavy atom. The number of benzene rings is 6. The second-order valence-corrected chi connectivity index (χ2v) is 15.2. The third-order valence-corrected chi connectivity index (χ3v) is 12.8. The van der Waals surface area contributed by atoms with E-state index in [2.05, 4.69) is 118 Å². The van der Waals surface area contributed by atoms with Gasteiger partial charge in [0.25, 0.3) is 0 Å². The van der Waals surface area contributed by atoms with Gasteiger partial charge in [0.05, 0.1) is 0 Å². The molecular weight excluding hydrogens is 618 g/mol. The normalized spacial score (nSPS) is 12.8. The van der Waals surface area contributed by atoms with Gasteiger partial charge >= 0.3 is 242 Å². The van der Waals surface area contributed by atoms with Gasteiger partial charge in [-0.15, -0.1) is 0 Å². The Labute approximate surface area is 241 Å². The molecule has 0 saturated heterocycles. The van der Waals surface area contributed by atoms with Crippen LogP contribution >= 0.6 is 0 Å². The molecule has 0 unspecified atom stereocenters. The number of hydrogen-bond acceptors (Lipinski definition) is 0. The number of aryl methyl sites for hydroxylation is 2. The molecule has 0 aliphatic heterocycles. The summed E-state index contributed by atoms with van der Waals surface area (Å²) in [6, 6.07) is 33.3. The van der Waals surface area contributed by atoms with E-state index < -0.39 is 0 Å². The summed E-state index contributed by atoms with van der Waals surface area (Å²) in [5.74, 6) is 0. The van der Waals surface area contributed by atoms with Gasteiger partial charge in [-0.2, -0.15) is 0 Å². The molecule has 0 radical (unpaired) electrons. The van der Waals surface area contributed by atoms with Crippen molar-refractivity contribution in [2.45, 2.75) is 0 Å². The van der Waals surface area contributed by atoms with Crippen molar-refractivity contribution in [3.05, 3.63) is 94.8 Å². The van der Waals surface area contributed by atoms with Gasteiger partial charge in [-0.1, -0.05) is 0 Å². The van der Waals surface area contributed by atoms with Crippen LogP contribution in [0.5, 0.6) is 0 Å². The van der Waals surface area contributed by atoms with E-state index in [4.69, 9.17) is 0 Å². The van der Waals surface area contributed by atoms with E-state index in [0.29, 0.717) is 29.0 Å². The van der Waals surface area contributed by atoms with Gasteiger partial charge in [0, 0.05) is 0 Å². The first-order chi connectivity index (χ1) is 19.6. The predicted molar refractivity (Wildman–Crippen MR) is 176 cm³/mol. The van der Waals surface area contributed by atoms with E-state index in [0.717, 1.165) is 0 Å². The van der Waals surface area contributed by atoms with Crippen LogP contribution in [-0.4, -0.2) is 38.1 Å². The van der Waals surface area contributed by atoms with Crippen molar-refractivity contribution >= 4 is 124 Å². The summed E-state index contributed by atoms with van der Waals surface area (Å²) >= 11 is 0.932. The fourth-order valence-electron chi connectivity index (χ4n) is 7.11. The number of rotatable bonds is 0. The molecule has 4 aromatic heterocycles. The molecule has 40 heavy (non-hydrogen) atoms. The molecule has 10 rings (SSSR count). The van der Waals surface area contributed by atoms with Crippen molar-refractivity contribution < 1.29 is 0 Å². The van der Waals surface area contributed by atoms with Crippen LogP contribution in [0.1, 0.15) is 0 Å². The number of aromatic nitrogens is 2. The van der Waals surface area contributed by atoms with Crippen LogP contribution in [0.3, 0.4) is 0 Å². The van der Waals surface area contributed by atoms with Gasteiger partial charge in [-0.25, -0.2) is 0 Å². The minimum absolute atomic E-state index is 0.466. The van der Waals surface area contributed by atoms with Gasteiger partial charge in [-0.3, -0.25) is 0 Å². The van der Waals surface area contributed by atoms with Crippen molar-refractivity contribution in [3.8, 4) is 0 Å². The van der Waals surface area contributed by atoms with Gasteiger partial charge in [0.15, 0.2) is 0 Å². The summed E-state index contributed by atoms with van der Waals surface area (Å²) in [5, 5.41) is 16.0. The zero-order valence-corrected chi connectivity index (χ0v) is 25.4. The second-order valence-electron chi connectivity index (χ2n) is 11.3. The molecule has 6 aromatic carbocycles. The molecule has 0 N–H and O–H groups in total. The fourth-order valence-corrected chi connectivity index (χ4v) is 10.5. The van der Waals surface area contributed by atoms with Crippen molar-refractivity contribution in [1.82, 2.24) is 9.13 Å². The van der Waals surface area contributed by atoms with E-state index in [1.807, 2.05) is 0 Å². The molecule has 0 bridgehead atoms. The number of fused-ring (bicyclic) bond motifs is 11. The van der Waals surface area contributed by atoms with Crippen molar-refractivity contribution in [1.29, 1.82) is 0 Å². The predicted octanol–water partition coefficient (Wildman–Crippen LogP) is 8.86. The third kappa shape index (κ3) is 2.80. The van der Waals surface area contributed by atoms with Crippen LogP contribution in [0, 0.1) is 0 Å². The van der Waals surface area contributed by atoms with Gasteiger partial charge in [0.2, 0.25) is 0 Å². The maximum absolute atomic E-state index is 2.42. The molecule has 0 saturated carbocycles. The quantitative estimate of drug-likeness (QED) is 0.116. The van der Waals surface area contributed by atoms with E-state index in [9.17, 15) is 0 Å². The molecule has 0 amide bonds. The minimum atomic E-state index is 0.466. The molecule has 0 aliphatic rings. The first-order valence-corrected chi connectivity index (χ1v) is 17.3. The van der Waals surface area contributed by atoms with E-state index in [-0.39, 0.29) is 0 Å². The van der Waals surface area contributed by atoms with E-state index in [1.54, 1.807) is 0 Å². The zero-order chi connectivity index (χ0) is 26.3. The zero-order valence-electron chi connectivity index (χ0n) is 21.9. The molecule has 0 aliphatic carbocycles. The van der Waals surface area contributed by atoms with Gasteiger partial charge in [0.1, 0.15) is 0 Å². The van der Waals surface area contributed by atoms with Crippen molar-refractivity contribution in [3.63, 3.8) is 0 Å². The standard InChI is InChI=1S/C36H22N2Se2/c1-37-31-15-25-11-27-17-33-19(3-5-39-33)7-21(27)9-23(25)13-29(31)36-35(37)30-14-24-10-22-8-20-4-6-40-34(20)18-28(22)12-26(24)16-32(30)38(36)2/h3-18H,1-2H3. The first-order valence-electron chi connectivity index (χ1n) is 13.6. The van der Waals surface area contributed by atoms with Crippen LogP contribution < -0.4 is 0 Å². The Bertz CT molecular complexity index is 2540. The number of nitrogens with zero attached hydrogens (tertiary/aromatic N) is 2. The summed E-state index contributed by atoms with van der Waals surface area (Å²) in [6.07, 6.45) is 0. The summed E-state index contributed by atoms with van der Waals surface area (Å²) in [7, 11) is 4.47. The molecule has 0 fully saturated rings. The van der Waals surface area contributed by atoms with Crippen LogP contribution in [0.4, 0.5) is 0 Å². The van der Waals surface area contributed by atoms with Gasteiger partial charge in [-0.05, 0) is 0 Å². The summed E-state index contributed by atoms with van der Waals surface area (Å²) in [6.45, 7) is 0. The molecular formula is C36H22N2Se2. The second kappa shape index (κ2) is 7.49. The van der Waals surface area contributed by atoms with Crippen molar-refractivity contribution in [2.75, 3.05) is 0 Å². The summed E-state index contributed by atoms with van der Waals surface area (Å²) in [5.41, 5.74) is 5.23. The van der Waals surface area contributed by atoms with Crippen LogP contribution in [0.2, 0.25) is 0 Å². The van der Waals surface area contributed by atoms with Crippen LogP contribution in [0.25, 0.3) is 95.2 Å². The molecule has 10 aromatic rings. The molecule has 4 heteroatoms. The van der Waals surface area contributed by atoms with E-state index in [1.165, 1.54) is 95.2 Å². The SMILES string of the molecule is Cn1c2cc3cc4cc5[se]ccc5cc4cc3cc2c2c1c1cc3cc4cc5cc[se]c5cc4cc3cc1n2C. The molecule has 0 spiro atoms. The number of hydrogen-bond donors (Lipinski definition) is 0. The molecule has 2 nitrogen and oxygen atoms in total. The first kappa shape index (κ1) is 22.0. The Kier molecular flexibility index (Phi) is 4.11. The Balaban J connectivity index is 1.29. The van der Waals surface area contributed by atoms with Crippen molar-refractivity contribution in [2.24, 2.45) is 14.1 Å². The Morgan fingerprint density at radius 1 is 0.400 bits per heavy atom. The average molecular weight is 641 g/mol. The van der Waals surface area contributed by atoms with E-state index >= 15 is 0 Å². The average Bonchev–Trinajstić information content (AvgIpc) is 3.72. The molecule has 0 atom stereocenters. The molecule has 188 valence electrons. The topological polar surface area (TPSA) is 9.86 Å². The monoisotopic (exact) mass is 642 g/mol. The fraction of sp³-hybridized carbons (Fsp3) is 0.0556. The third-order valence-electron chi connectivity index (χ3n) is 9.09. The van der Waals surface area contributed by atoms with Crippen LogP contribution in [-0.2, 0) is 14.1 Å². The Morgan fingerprint density at radius 3 is 1.20 bits per heavy atom. The summed E-state index contributed by atoms with van der Waals surface area (Å²) < 4.78 is 7.83. The molecule has 4 heterocycles. The summed E-state index contributed by atoms with van der Waals surface area (Å²) in [4.78, 5) is 4.66. The van der Waals surface area contributed by atoms with Crippen LogP contribution in [0.15, 0.2) is 94.8 Å². The maximum atomic E-state index is 2.42. The Hall–Kier alpha value is -3.78. The van der Waals surface area contributed by atoms with Gasteiger partial charge < -0.3 is 0 Å².